The standard InChI is InChI=1S/C51H91N22OP/c1-49(2,52)70-30-22-66(23-31-70)45-55-43(56-46(59-45)67-24-32-71(33-25-67)50(3,4)53)64-18-14-62(15-19-64)38-40-75(74,42-12-10-9-11-13-42)41-39-63-16-20-65(21-17-63)44-57-47(68-26-34-72(35-27-68)51(5,6)54)60-48(58-44)69-28-36-73(37-29-69)61(7)8/h9-13H,14-41,52-54H2,1-8H3. The summed E-state index contributed by atoms with van der Waals surface area (Å²) in [7, 11) is 1.47. The lowest BCUT2D eigenvalue weighted by atomic mass is 10.2. The molecule has 3 aromatic rings. The van der Waals surface area contributed by atoms with E-state index in [1.807, 2.05) is 18.2 Å². The number of benzene rings is 1. The zero-order valence-electron chi connectivity index (χ0n) is 46.8. The molecule has 6 N–H and O–H groups in total. The Morgan fingerprint density at radius 2 is 0.667 bits per heavy atom. The molecule has 0 amide bonds. The molecule has 0 aliphatic carbocycles. The molecule has 0 radical (unpaired) electrons. The summed E-state index contributed by atoms with van der Waals surface area (Å²) < 4.78 is 15.3. The number of anilines is 6. The molecule has 6 fully saturated rings. The molecule has 75 heavy (non-hydrogen) atoms. The topological polar surface area (TPSA) is 215 Å². The maximum absolute atomic E-state index is 15.3. The van der Waals surface area contributed by atoms with Gasteiger partial charge in [0.1, 0.15) is 7.14 Å². The van der Waals surface area contributed by atoms with Gasteiger partial charge in [0.05, 0.1) is 17.0 Å². The van der Waals surface area contributed by atoms with Crippen LogP contribution in [0.2, 0.25) is 0 Å². The minimum Gasteiger partial charge on any atom is -0.338 e. The van der Waals surface area contributed by atoms with E-state index in [1.165, 1.54) is 0 Å². The van der Waals surface area contributed by atoms with Crippen molar-refractivity contribution in [2.24, 2.45) is 17.2 Å². The molecule has 9 rings (SSSR count). The molecule has 0 bridgehead atoms. The number of nitrogens with two attached hydrogens (primary N) is 3. The number of rotatable bonds is 17. The van der Waals surface area contributed by atoms with E-state index < -0.39 is 7.14 Å². The minimum absolute atomic E-state index is 0.367. The first-order chi connectivity index (χ1) is 35.7. The number of nitrogens with zero attached hydrogens (tertiary/aromatic N) is 19. The molecule has 8 heterocycles. The first kappa shape index (κ1) is 55.6. The lowest BCUT2D eigenvalue weighted by molar-refractivity contribution is 0.0198. The zero-order chi connectivity index (χ0) is 53.1. The van der Waals surface area contributed by atoms with Gasteiger partial charge in [-0.25, -0.2) is 10.0 Å². The molecule has 1 atom stereocenters. The van der Waals surface area contributed by atoms with E-state index in [0.29, 0.717) is 12.3 Å². The summed E-state index contributed by atoms with van der Waals surface area (Å²) >= 11 is 0. The van der Waals surface area contributed by atoms with Gasteiger partial charge in [-0.2, -0.15) is 29.9 Å². The van der Waals surface area contributed by atoms with Crippen molar-refractivity contribution in [3.63, 3.8) is 0 Å². The Morgan fingerprint density at radius 1 is 0.413 bits per heavy atom. The highest BCUT2D eigenvalue weighted by Crippen LogP contribution is 2.44. The monoisotopic (exact) mass is 1060 g/mol. The van der Waals surface area contributed by atoms with E-state index in [2.05, 4.69) is 132 Å². The maximum Gasteiger partial charge on any atom is 0.232 e. The van der Waals surface area contributed by atoms with Crippen molar-refractivity contribution < 1.29 is 4.57 Å². The summed E-state index contributed by atoms with van der Waals surface area (Å²) in [5.74, 6) is 4.44. The van der Waals surface area contributed by atoms with Crippen LogP contribution >= 0.6 is 7.14 Å². The van der Waals surface area contributed by atoms with E-state index in [9.17, 15) is 0 Å². The molecular formula is C51H91N22OP. The molecule has 24 heteroatoms. The lowest BCUT2D eigenvalue weighted by Crippen LogP contribution is -2.59. The molecule has 416 valence electrons. The van der Waals surface area contributed by atoms with Crippen molar-refractivity contribution in [1.29, 1.82) is 0 Å². The van der Waals surface area contributed by atoms with Crippen LogP contribution in [0.3, 0.4) is 0 Å². The predicted molar refractivity (Wildman–Crippen MR) is 304 cm³/mol. The Hall–Kier alpha value is -4.13. The van der Waals surface area contributed by atoms with Crippen LogP contribution in [0.25, 0.3) is 0 Å². The Kier molecular flexibility index (Phi) is 17.4. The van der Waals surface area contributed by atoms with Crippen molar-refractivity contribution in [3.8, 4) is 0 Å². The Bertz CT molecular complexity index is 2280. The van der Waals surface area contributed by atoms with Crippen molar-refractivity contribution in [3.05, 3.63) is 30.3 Å². The molecule has 6 aliphatic rings. The maximum atomic E-state index is 15.3. The predicted octanol–water partition coefficient (Wildman–Crippen LogP) is -0.262. The average molecular weight is 1060 g/mol. The van der Waals surface area contributed by atoms with Gasteiger partial charge in [-0.05, 0) is 41.5 Å². The van der Waals surface area contributed by atoms with Crippen molar-refractivity contribution in [1.82, 2.24) is 64.4 Å². The van der Waals surface area contributed by atoms with Crippen LogP contribution in [-0.2, 0) is 4.57 Å². The van der Waals surface area contributed by atoms with Crippen molar-refractivity contribution in [2.75, 3.05) is 226 Å². The Morgan fingerprint density at radius 3 is 0.920 bits per heavy atom. The van der Waals surface area contributed by atoms with Crippen LogP contribution in [0.15, 0.2) is 30.3 Å². The van der Waals surface area contributed by atoms with Gasteiger partial charge in [-0.15, -0.1) is 0 Å². The van der Waals surface area contributed by atoms with Crippen LogP contribution in [-0.4, -0.2) is 278 Å². The average Bonchev–Trinajstić information content (AvgIpc) is 3.41. The Balaban J connectivity index is 0.820. The van der Waals surface area contributed by atoms with E-state index in [0.717, 1.165) is 211 Å². The van der Waals surface area contributed by atoms with Gasteiger partial charge < -0.3 is 51.2 Å². The third kappa shape index (κ3) is 14.0. The number of hydrogen-bond acceptors (Lipinski definition) is 23. The Labute approximate surface area is 447 Å². The van der Waals surface area contributed by atoms with E-state index >= 15 is 4.57 Å². The van der Waals surface area contributed by atoms with Gasteiger partial charge in [0.25, 0.3) is 0 Å². The fraction of sp³-hybridized carbons (Fsp3) is 0.765. The highest BCUT2D eigenvalue weighted by molar-refractivity contribution is 7.71. The van der Waals surface area contributed by atoms with Crippen LogP contribution in [0.4, 0.5) is 35.7 Å². The number of aromatic nitrogens is 6. The van der Waals surface area contributed by atoms with Gasteiger partial charge in [-0.3, -0.25) is 24.5 Å². The molecule has 0 spiro atoms. The lowest BCUT2D eigenvalue weighted by Gasteiger charge is -2.43. The molecule has 23 nitrogen and oxygen atoms in total. The molecule has 6 saturated heterocycles. The molecule has 1 unspecified atom stereocenters. The highest BCUT2D eigenvalue weighted by atomic mass is 31.2. The second-order valence-corrected chi connectivity index (χ2v) is 26.7. The van der Waals surface area contributed by atoms with Crippen LogP contribution in [0.1, 0.15) is 41.5 Å². The van der Waals surface area contributed by atoms with E-state index in [-0.39, 0.29) is 17.0 Å². The summed E-state index contributed by atoms with van der Waals surface area (Å²) in [5, 5.41) is 5.51. The number of piperazine rings is 6. The summed E-state index contributed by atoms with van der Waals surface area (Å²) in [4.78, 5) is 56.6. The largest absolute Gasteiger partial charge is 0.338 e. The van der Waals surface area contributed by atoms with Gasteiger partial charge >= 0.3 is 0 Å². The van der Waals surface area contributed by atoms with Crippen molar-refractivity contribution in [2.45, 2.75) is 58.5 Å². The highest BCUT2D eigenvalue weighted by Gasteiger charge is 2.35. The minimum atomic E-state index is -2.74. The van der Waals surface area contributed by atoms with Crippen LogP contribution in [0.5, 0.6) is 0 Å². The molecule has 2 aromatic heterocycles. The smallest absolute Gasteiger partial charge is 0.232 e. The second-order valence-electron chi connectivity index (χ2n) is 23.5. The summed E-state index contributed by atoms with van der Waals surface area (Å²) in [5.41, 5.74) is 18.4. The van der Waals surface area contributed by atoms with Gasteiger partial charge in [-0.1, -0.05) is 30.3 Å². The van der Waals surface area contributed by atoms with Gasteiger partial charge in [0.2, 0.25) is 35.7 Å². The van der Waals surface area contributed by atoms with Crippen LogP contribution < -0.4 is 51.9 Å². The second kappa shape index (κ2) is 23.5. The first-order valence-electron chi connectivity index (χ1n) is 27.8. The molecular weight excluding hydrogens is 968 g/mol. The molecule has 1 aromatic carbocycles. The first-order valence-corrected chi connectivity index (χ1v) is 29.9. The third-order valence-corrected chi connectivity index (χ3v) is 19.6. The fourth-order valence-corrected chi connectivity index (χ4v) is 14.0. The summed E-state index contributed by atoms with van der Waals surface area (Å²) in [6, 6.07) is 10.2. The SMILES string of the molecule is CN(C)N1CCN(c2nc(N3CCN(CCP(=O)(CCN4CCN(c5nc(N6CCN(C(C)(C)N)CC6)nc(N6CCN(C(C)(C)N)CC6)n5)CC4)c4ccccc4)CC3)nc(N3CCN(C(C)(C)N)CC3)n2)CC1. The van der Waals surface area contributed by atoms with E-state index in [4.69, 9.17) is 47.1 Å². The molecule has 0 saturated carbocycles. The molecule has 6 aliphatic heterocycles. The summed E-state index contributed by atoms with van der Waals surface area (Å²) in [6.45, 7) is 34.0. The van der Waals surface area contributed by atoms with Gasteiger partial charge in [0.15, 0.2) is 0 Å². The van der Waals surface area contributed by atoms with Gasteiger partial charge in [0, 0.05) is 202 Å². The van der Waals surface area contributed by atoms with Crippen molar-refractivity contribution >= 4 is 48.1 Å². The summed E-state index contributed by atoms with van der Waals surface area (Å²) in [6.07, 6.45) is 1.29. The quantitative estimate of drug-likeness (QED) is 0.149. The number of hydrazine groups is 1. The van der Waals surface area contributed by atoms with E-state index in [1.54, 1.807) is 0 Å². The normalized spacial score (nSPS) is 22.4. The zero-order valence-corrected chi connectivity index (χ0v) is 47.7. The third-order valence-electron chi connectivity index (χ3n) is 16.5. The fourth-order valence-electron chi connectivity index (χ4n) is 11.3. The number of hydrogen-bond donors (Lipinski definition) is 3. The van der Waals surface area contributed by atoms with Crippen LogP contribution in [0, 0.1) is 0 Å².